The van der Waals surface area contributed by atoms with Crippen molar-refractivity contribution in [2.24, 2.45) is 0 Å². The molecule has 0 N–H and O–H groups in total. The lowest BCUT2D eigenvalue weighted by atomic mass is 10.2. The molecule has 0 radical (unpaired) electrons. The number of aromatic nitrogens is 2. The second-order valence-electron chi connectivity index (χ2n) is 4.25. The number of nitrogens with zero attached hydrogens (tertiary/aromatic N) is 2. The summed E-state index contributed by atoms with van der Waals surface area (Å²) in [6, 6.07) is 5.49. The first-order valence-corrected chi connectivity index (χ1v) is 6.25. The van der Waals surface area contributed by atoms with Gasteiger partial charge in [0.1, 0.15) is 5.65 Å². The first kappa shape index (κ1) is 13.3. The molecule has 0 fully saturated rings. The predicted molar refractivity (Wildman–Crippen MR) is 71.2 cm³/mol. The van der Waals surface area contributed by atoms with Gasteiger partial charge in [0, 0.05) is 23.9 Å². The molecular weight excluding hydrogens is 244 g/mol. The maximum Gasteiger partial charge on any atom is 0.306 e. The predicted octanol–water partition coefficient (Wildman–Crippen LogP) is 1.50. The van der Waals surface area contributed by atoms with E-state index in [-0.39, 0.29) is 17.9 Å². The molecule has 19 heavy (non-hydrogen) atoms. The Morgan fingerprint density at radius 2 is 2.21 bits per heavy atom. The van der Waals surface area contributed by atoms with Crippen LogP contribution in [0.3, 0.4) is 0 Å². The van der Waals surface area contributed by atoms with Gasteiger partial charge in [-0.1, -0.05) is 6.07 Å². The van der Waals surface area contributed by atoms with E-state index < -0.39 is 0 Å². The molecule has 0 saturated carbocycles. The van der Waals surface area contributed by atoms with Gasteiger partial charge >= 0.3 is 5.97 Å². The molecule has 2 aromatic heterocycles. The van der Waals surface area contributed by atoms with Crippen molar-refractivity contribution in [2.45, 2.75) is 26.7 Å². The molecule has 0 aliphatic rings. The summed E-state index contributed by atoms with van der Waals surface area (Å²) in [5, 5.41) is 0. The van der Waals surface area contributed by atoms with Gasteiger partial charge in [0.15, 0.2) is 0 Å². The third kappa shape index (κ3) is 2.81. The number of esters is 1. The van der Waals surface area contributed by atoms with Gasteiger partial charge in [0.05, 0.1) is 6.61 Å². The molecule has 2 heterocycles. The van der Waals surface area contributed by atoms with Crippen LogP contribution < -0.4 is 5.56 Å². The molecule has 100 valence electrons. The van der Waals surface area contributed by atoms with Gasteiger partial charge in [0.25, 0.3) is 5.56 Å². The number of carbonyl (C=O) groups is 1. The number of hydrogen-bond donors (Lipinski definition) is 0. The van der Waals surface area contributed by atoms with Crippen molar-refractivity contribution in [3.05, 3.63) is 46.0 Å². The van der Waals surface area contributed by atoms with Crippen LogP contribution >= 0.6 is 0 Å². The molecule has 0 atom stereocenters. The molecule has 5 heteroatoms. The highest BCUT2D eigenvalue weighted by Gasteiger charge is 2.09. The summed E-state index contributed by atoms with van der Waals surface area (Å²) >= 11 is 0. The first-order chi connectivity index (χ1) is 9.13. The monoisotopic (exact) mass is 260 g/mol. The summed E-state index contributed by atoms with van der Waals surface area (Å²) in [6.07, 6.45) is 2.08. The van der Waals surface area contributed by atoms with Crippen molar-refractivity contribution in [1.82, 2.24) is 9.38 Å². The average molecular weight is 260 g/mol. The average Bonchev–Trinajstić information content (AvgIpc) is 2.38. The Morgan fingerprint density at radius 3 is 2.95 bits per heavy atom. The van der Waals surface area contributed by atoms with Gasteiger partial charge < -0.3 is 4.74 Å². The second kappa shape index (κ2) is 5.65. The third-order valence-corrected chi connectivity index (χ3v) is 2.90. The molecule has 0 aliphatic carbocycles. The van der Waals surface area contributed by atoms with Crippen LogP contribution in [0.5, 0.6) is 0 Å². The van der Waals surface area contributed by atoms with Gasteiger partial charge in [-0.05, 0) is 32.4 Å². The van der Waals surface area contributed by atoms with E-state index in [4.69, 9.17) is 4.74 Å². The molecule has 2 aromatic rings. The number of hydrogen-bond acceptors (Lipinski definition) is 4. The lowest BCUT2D eigenvalue weighted by Gasteiger charge is -2.06. The van der Waals surface area contributed by atoms with Gasteiger partial charge in [-0.15, -0.1) is 0 Å². The number of fused-ring (bicyclic) bond motifs is 1. The summed E-state index contributed by atoms with van der Waals surface area (Å²) < 4.78 is 6.40. The number of pyridine rings is 1. The van der Waals surface area contributed by atoms with Crippen LogP contribution in [0.15, 0.2) is 29.2 Å². The summed E-state index contributed by atoms with van der Waals surface area (Å²) in [5.74, 6) is -0.295. The minimum atomic E-state index is -0.295. The van der Waals surface area contributed by atoms with E-state index in [0.717, 1.165) is 5.69 Å². The maximum atomic E-state index is 12.3. The van der Waals surface area contributed by atoms with Crippen LogP contribution in [-0.4, -0.2) is 22.0 Å². The van der Waals surface area contributed by atoms with Gasteiger partial charge in [-0.25, -0.2) is 4.98 Å². The summed E-state index contributed by atoms with van der Waals surface area (Å²) in [5.41, 5.74) is 1.85. The molecular formula is C14H16N2O3. The van der Waals surface area contributed by atoms with Crippen molar-refractivity contribution in [3.63, 3.8) is 0 Å². The summed E-state index contributed by atoms with van der Waals surface area (Å²) in [6.45, 7) is 3.96. The van der Waals surface area contributed by atoms with E-state index in [2.05, 4.69) is 4.98 Å². The van der Waals surface area contributed by atoms with Gasteiger partial charge in [-0.3, -0.25) is 14.0 Å². The highest BCUT2D eigenvalue weighted by molar-refractivity contribution is 5.69. The van der Waals surface area contributed by atoms with E-state index in [1.165, 1.54) is 6.20 Å². The Balaban J connectivity index is 2.30. The molecule has 0 unspecified atom stereocenters. The zero-order valence-electron chi connectivity index (χ0n) is 11.0. The van der Waals surface area contributed by atoms with E-state index in [1.807, 2.05) is 19.1 Å². The minimum absolute atomic E-state index is 0.118. The van der Waals surface area contributed by atoms with Gasteiger partial charge in [-0.2, -0.15) is 0 Å². The highest BCUT2D eigenvalue weighted by atomic mass is 16.5. The zero-order chi connectivity index (χ0) is 13.8. The van der Waals surface area contributed by atoms with E-state index in [0.29, 0.717) is 24.2 Å². The largest absolute Gasteiger partial charge is 0.466 e. The Hall–Kier alpha value is -2.17. The van der Waals surface area contributed by atoms with Crippen LogP contribution in [0.2, 0.25) is 0 Å². The fourth-order valence-electron chi connectivity index (χ4n) is 1.95. The van der Waals surface area contributed by atoms with Crippen LogP contribution in [0.25, 0.3) is 5.65 Å². The van der Waals surface area contributed by atoms with Crippen LogP contribution in [0.1, 0.15) is 24.6 Å². The van der Waals surface area contributed by atoms with Crippen LogP contribution in [0.4, 0.5) is 0 Å². The van der Waals surface area contributed by atoms with Crippen molar-refractivity contribution in [2.75, 3.05) is 6.61 Å². The minimum Gasteiger partial charge on any atom is -0.466 e. The number of aryl methyl sites for hydroxylation is 2. The van der Waals surface area contributed by atoms with E-state index in [9.17, 15) is 9.59 Å². The van der Waals surface area contributed by atoms with E-state index in [1.54, 1.807) is 17.4 Å². The molecule has 0 aromatic carbocycles. The standard InChI is InChI=1S/C14H16N2O3/c1-3-19-13(17)8-7-11-9-15-12-6-4-5-10(2)16(12)14(11)18/h4-6,9H,3,7-8H2,1-2H3. The molecule has 0 aliphatic heterocycles. The first-order valence-electron chi connectivity index (χ1n) is 6.25. The fraction of sp³-hybridized carbons (Fsp3) is 0.357. The Morgan fingerprint density at radius 1 is 1.42 bits per heavy atom. The Labute approximate surface area is 110 Å². The third-order valence-electron chi connectivity index (χ3n) is 2.90. The molecule has 2 rings (SSSR count). The summed E-state index contributed by atoms with van der Waals surface area (Å²) in [7, 11) is 0. The molecule has 0 bridgehead atoms. The summed E-state index contributed by atoms with van der Waals surface area (Å²) in [4.78, 5) is 27.8. The van der Waals surface area contributed by atoms with E-state index >= 15 is 0 Å². The zero-order valence-corrected chi connectivity index (χ0v) is 11.0. The van der Waals surface area contributed by atoms with Crippen LogP contribution in [0, 0.1) is 6.92 Å². The molecule has 0 saturated heterocycles. The Kier molecular flexibility index (Phi) is 3.94. The lowest BCUT2D eigenvalue weighted by Crippen LogP contribution is -2.22. The lowest BCUT2D eigenvalue weighted by molar-refractivity contribution is -0.143. The van der Waals surface area contributed by atoms with Crippen molar-refractivity contribution in [3.8, 4) is 0 Å². The van der Waals surface area contributed by atoms with Crippen molar-refractivity contribution < 1.29 is 9.53 Å². The molecule has 5 nitrogen and oxygen atoms in total. The van der Waals surface area contributed by atoms with Crippen LogP contribution in [-0.2, 0) is 16.0 Å². The smallest absolute Gasteiger partial charge is 0.306 e. The fourth-order valence-corrected chi connectivity index (χ4v) is 1.95. The Bertz CT molecular complexity index is 661. The second-order valence-corrected chi connectivity index (χ2v) is 4.25. The highest BCUT2D eigenvalue weighted by Crippen LogP contribution is 2.04. The van der Waals surface area contributed by atoms with Crippen molar-refractivity contribution in [1.29, 1.82) is 0 Å². The normalized spacial score (nSPS) is 10.6. The quantitative estimate of drug-likeness (QED) is 0.782. The number of carbonyl (C=O) groups excluding carboxylic acids is 1. The number of ether oxygens (including phenoxy) is 1. The van der Waals surface area contributed by atoms with Crippen molar-refractivity contribution >= 4 is 11.6 Å². The molecule has 0 spiro atoms. The molecule has 0 amide bonds. The topological polar surface area (TPSA) is 60.7 Å². The number of rotatable bonds is 4. The van der Waals surface area contributed by atoms with Gasteiger partial charge in [0.2, 0.25) is 0 Å². The maximum absolute atomic E-state index is 12.3. The SMILES string of the molecule is CCOC(=O)CCc1cnc2cccc(C)n2c1=O.